The standard InChI is InChI=1S/C23H21NO2S/c1-14(2)26-22-10-7-15(11-20(22)24-3)23-12-16(13-27-23)17-5-4-6-19-18(17)8-9-21(19)25/h4-7,10-14,21,25H,8-9H2,1-2H3/t21-/m1/s1. The minimum Gasteiger partial charge on any atom is -0.502 e. The van der Waals surface area contributed by atoms with Crippen LogP contribution in [0.15, 0.2) is 47.8 Å². The summed E-state index contributed by atoms with van der Waals surface area (Å²) in [6, 6.07) is 14.2. The lowest BCUT2D eigenvalue weighted by atomic mass is 9.98. The molecule has 0 saturated carbocycles. The first-order chi connectivity index (χ1) is 13.1. The van der Waals surface area contributed by atoms with Crippen LogP contribution in [0, 0.1) is 6.57 Å². The van der Waals surface area contributed by atoms with Crippen LogP contribution in [0.4, 0.5) is 5.69 Å². The van der Waals surface area contributed by atoms with Gasteiger partial charge < -0.3 is 9.84 Å². The molecule has 27 heavy (non-hydrogen) atoms. The summed E-state index contributed by atoms with van der Waals surface area (Å²) in [5, 5.41) is 12.3. The summed E-state index contributed by atoms with van der Waals surface area (Å²) in [5.41, 5.74) is 6.27. The second-order valence-corrected chi connectivity index (χ2v) is 8.00. The molecule has 2 aromatic carbocycles. The number of hydrogen-bond acceptors (Lipinski definition) is 3. The number of fused-ring (bicyclic) bond motifs is 1. The first kappa shape index (κ1) is 17.8. The van der Waals surface area contributed by atoms with E-state index in [1.807, 2.05) is 44.2 Å². The number of thiophene rings is 1. The normalized spacial score (nSPS) is 15.6. The van der Waals surface area contributed by atoms with Crippen molar-refractivity contribution in [3.63, 3.8) is 0 Å². The van der Waals surface area contributed by atoms with Crippen LogP contribution in [0.3, 0.4) is 0 Å². The number of benzene rings is 2. The SMILES string of the molecule is [C-]#[N+]c1cc(-c2cc(-c3cccc4c3CC[C@H]4O)cs2)ccc1OC(C)C. The van der Waals surface area contributed by atoms with E-state index in [0.29, 0.717) is 11.4 Å². The Hall–Kier alpha value is -2.61. The lowest BCUT2D eigenvalue weighted by Gasteiger charge is -2.12. The van der Waals surface area contributed by atoms with Gasteiger partial charge in [0.15, 0.2) is 0 Å². The number of hydrogen-bond donors (Lipinski definition) is 1. The van der Waals surface area contributed by atoms with Gasteiger partial charge in [0, 0.05) is 4.88 Å². The van der Waals surface area contributed by atoms with Crippen LogP contribution < -0.4 is 4.74 Å². The summed E-state index contributed by atoms with van der Waals surface area (Å²) in [6.07, 6.45) is 1.42. The molecular formula is C23H21NO2S. The van der Waals surface area contributed by atoms with Gasteiger partial charge in [-0.15, -0.1) is 11.3 Å². The van der Waals surface area contributed by atoms with Gasteiger partial charge in [0.2, 0.25) is 5.69 Å². The van der Waals surface area contributed by atoms with E-state index in [0.717, 1.165) is 28.8 Å². The van der Waals surface area contributed by atoms with Gasteiger partial charge in [0.1, 0.15) is 5.75 Å². The fraction of sp³-hybridized carbons (Fsp3) is 0.261. The summed E-state index contributed by atoms with van der Waals surface area (Å²) < 4.78 is 5.73. The Labute approximate surface area is 163 Å². The Morgan fingerprint density at radius 2 is 2.04 bits per heavy atom. The van der Waals surface area contributed by atoms with E-state index in [1.54, 1.807) is 11.3 Å². The van der Waals surface area contributed by atoms with Crippen LogP contribution in [0.2, 0.25) is 0 Å². The highest BCUT2D eigenvalue weighted by atomic mass is 32.1. The quantitative estimate of drug-likeness (QED) is 0.535. The Kier molecular flexibility index (Phi) is 4.73. The average Bonchev–Trinajstić information content (AvgIpc) is 3.29. The lowest BCUT2D eigenvalue weighted by Crippen LogP contribution is -2.05. The molecule has 136 valence electrons. The van der Waals surface area contributed by atoms with Crippen molar-refractivity contribution in [2.24, 2.45) is 0 Å². The minimum absolute atomic E-state index is 0.0419. The molecule has 1 aromatic heterocycles. The molecule has 1 N–H and O–H groups in total. The van der Waals surface area contributed by atoms with Crippen molar-refractivity contribution in [3.8, 4) is 27.3 Å². The zero-order valence-electron chi connectivity index (χ0n) is 15.4. The monoisotopic (exact) mass is 375 g/mol. The first-order valence-corrected chi connectivity index (χ1v) is 10.0. The van der Waals surface area contributed by atoms with Crippen LogP contribution in [0.5, 0.6) is 5.75 Å². The second-order valence-electron chi connectivity index (χ2n) is 7.09. The molecule has 1 atom stereocenters. The highest BCUT2D eigenvalue weighted by molar-refractivity contribution is 7.14. The third-order valence-electron chi connectivity index (χ3n) is 4.88. The molecule has 0 spiro atoms. The predicted octanol–water partition coefficient (Wildman–Crippen LogP) is 6.40. The van der Waals surface area contributed by atoms with Gasteiger partial charge in [-0.2, -0.15) is 0 Å². The molecule has 0 unspecified atom stereocenters. The van der Waals surface area contributed by atoms with E-state index in [4.69, 9.17) is 11.3 Å². The van der Waals surface area contributed by atoms with Gasteiger partial charge >= 0.3 is 0 Å². The summed E-state index contributed by atoms with van der Waals surface area (Å²) >= 11 is 1.68. The number of ether oxygens (including phenoxy) is 1. The Bertz CT molecular complexity index is 1030. The van der Waals surface area contributed by atoms with Crippen molar-refractivity contribution in [3.05, 3.63) is 70.4 Å². The molecule has 0 saturated heterocycles. The van der Waals surface area contributed by atoms with E-state index in [9.17, 15) is 5.11 Å². The van der Waals surface area contributed by atoms with Gasteiger partial charge in [-0.3, -0.25) is 0 Å². The zero-order valence-corrected chi connectivity index (χ0v) is 16.2. The molecule has 0 bridgehead atoms. The van der Waals surface area contributed by atoms with Crippen molar-refractivity contribution in [2.75, 3.05) is 0 Å². The molecule has 1 aliphatic rings. The molecule has 1 aliphatic carbocycles. The zero-order chi connectivity index (χ0) is 19.0. The highest BCUT2D eigenvalue weighted by Gasteiger charge is 2.23. The molecule has 0 radical (unpaired) electrons. The molecule has 0 aliphatic heterocycles. The van der Waals surface area contributed by atoms with Crippen molar-refractivity contribution in [1.82, 2.24) is 0 Å². The summed E-state index contributed by atoms with van der Waals surface area (Å²) in [6.45, 7) is 11.4. The van der Waals surface area contributed by atoms with Crippen molar-refractivity contribution in [1.29, 1.82) is 0 Å². The summed E-state index contributed by atoms with van der Waals surface area (Å²) in [4.78, 5) is 4.76. The van der Waals surface area contributed by atoms with Crippen molar-refractivity contribution < 1.29 is 9.84 Å². The average molecular weight is 375 g/mol. The van der Waals surface area contributed by atoms with Gasteiger partial charge in [-0.05, 0) is 78.1 Å². The predicted molar refractivity (Wildman–Crippen MR) is 110 cm³/mol. The Morgan fingerprint density at radius 3 is 2.81 bits per heavy atom. The van der Waals surface area contributed by atoms with E-state index in [-0.39, 0.29) is 12.2 Å². The molecular weight excluding hydrogens is 354 g/mol. The molecule has 0 fully saturated rings. The summed E-state index contributed by atoms with van der Waals surface area (Å²) in [5.74, 6) is 0.635. The minimum atomic E-state index is -0.340. The molecule has 0 amide bonds. The topological polar surface area (TPSA) is 33.8 Å². The van der Waals surface area contributed by atoms with Gasteiger partial charge in [-0.25, -0.2) is 4.85 Å². The van der Waals surface area contributed by atoms with Crippen LogP contribution in [-0.2, 0) is 6.42 Å². The molecule has 3 nitrogen and oxygen atoms in total. The van der Waals surface area contributed by atoms with E-state index < -0.39 is 0 Å². The number of aliphatic hydroxyl groups excluding tert-OH is 1. The second kappa shape index (κ2) is 7.19. The smallest absolute Gasteiger partial charge is 0.228 e. The maximum atomic E-state index is 10.1. The maximum Gasteiger partial charge on any atom is 0.228 e. The van der Waals surface area contributed by atoms with Gasteiger partial charge in [0.05, 0.1) is 18.8 Å². The van der Waals surface area contributed by atoms with Crippen molar-refractivity contribution >= 4 is 17.0 Å². The molecule has 4 heteroatoms. The summed E-state index contributed by atoms with van der Waals surface area (Å²) in [7, 11) is 0. The highest BCUT2D eigenvalue weighted by Crippen LogP contribution is 2.41. The molecule has 1 heterocycles. The fourth-order valence-corrected chi connectivity index (χ4v) is 4.55. The van der Waals surface area contributed by atoms with Crippen molar-refractivity contribution in [2.45, 2.75) is 38.9 Å². The number of rotatable bonds is 4. The lowest BCUT2D eigenvalue weighted by molar-refractivity contribution is 0.180. The third-order valence-corrected chi connectivity index (χ3v) is 5.86. The number of aliphatic hydroxyl groups is 1. The third kappa shape index (κ3) is 3.37. The van der Waals surface area contributed by atoms with Crippen LogP contribution in [-0.4, -0.2) is 11.2 Å². The van der Waals surface area contributed by atoms with Gasteiger partial charge in [0.25, 0.3) is 0 Å². The first-order valence-electron chi connectivity index (χ1n) is 9.14. The largest absolute Gasteiger partial charge is 0.502 e. The molecule has 4 rings (SSSR count). The van der Waals surface area contributed by atoms with E-state index >= 15 is 0 Å². The Morgan fingerprint density at radius 1 is 1.19 bits per heavy atom. The van der Waals surface area contributed by atoms with Crippen LogP contribution in [0.25, 0.3) is 26.4 Å². The van der Waals surface area contributed by atoms with E-state index in [2.05, 4.69) is 22.4 Å². The van der Waals surface area contributed by atoms with Crippen LogP contribution in [0.1, 0.15) is 37.5 Å². The Balaban J connectivity index is 1.69. The van der Waals surface area contributed by atoms with E-state index in [1.165, 1.54) is 16.7 Å². The molecule has 3 aromatic rings. The number of nitrogens with zero attached hydrogens (tertiary/aromatic N) is 1. The van der Waals surface area contributed by atoms with Crippen LogP contribution >= 0.6 is 11.3 Å². The van der Waals surface area contributed by atoms with Gasteiger partial charge in [-0.1, -0.05) is 24.3 Å². The fourth-order valence-electron chi connectivity index (χ4n) is 3.64. The maximum absolute atomic E-state index is 10.1.